The average Bonchev–Trinajstić information content (AvgIpc) is 2.90. The number of nitrogens with two attached hydrogens (primary N) is 1. The molecule has 3 N–H and O–H groups in total. The number of carbonyl (C=O) groups is 1. The lowest BCUT2D eigenvalue weighted by molar-refractivity contribution is -0.125. The second-order valence-electron chi connectivity index (χ2n) is 5.64. The van der Waals surface area contributed by atoms with Crippen molar-refractivity contribution in [2.75, 3.05) is 6.61 Å². The Morgan fingerprint density at radius 3 is 2.48 bits per heavy atom. The molecular weight excluding hydrogens is 262 g/mol. The summed E-state index contributed by atoms with van der Waals surface area (Å²) in [7, 11) is 0. The molecule has 1 aliphatic rings. The molecule has 0 saturated heterocycles. The molecule has 0 saturated carbocycles. The van der Waals surface area contributed by atoms with E-state index in [1.54, 1.807) is 0 Å². The molecule has 3 nitrogen and oxygen atoms in total. The van der Waals surface area contributed by atoms with Crippen molar-refractivity contribution >= 4 is 5.91 Å². The Balaban J connectivity index is 2.17. The van der Waals surface area contributed by atoms with Crippen LogP contribution < -0.4 is 5.73 Å². The third kappa shape index (κ3) is 2.05. The molecule has 0 fully saturated rings. The number of aliphatic hydroxyl groups excluding tert-OH is 1. The van der Waals surface area contributed by atoms with E-state index in [9.17, 15) is 9.90 Å². The first-order valence-corrected chi connectivity index (χ1v) is 7.24. The summed E-state index contributed by atoms with van der Waals surface area (Å²) in [5, 5.41) is 9.97. The molecule has 1 amide bonds. The van der Waals surface area contributed by atoms with E-state index in [2.05, 4.69) is 0 Å². The van der Waals surface area contributed by atoms with Crippen LogP contribution in [0.1, 0.15) is 29.0 Å². The zero-order valence-corrected chi connectivity index (χ0v) is 11.8. The van der Waals surface area contributed by atoms with Crippen molar-refractivity contribution in [2.24, 2.45) is 5.73 Å². The van der Waals surface area contributed by atoms with E-state index >= 15 is 0 Å². The second-order valence-corrected chi connectivity index (χ2v) is 5.64. The van der Waals surface area contributed by atoms with Crippen molar-refractivity contribution in [2.45, 2.75) is 24.2 Å². The van der Waals surface area contributed by atoms with Crippen LogP contribution in [0.4, 0.5) is 0 Å². The van der Waals surface area contributed by atoms with Gasteiger partial charge < -0.3 is 10.8 Å². The standard InChI is InChI=1S/C18H19NO2/c19-17(21)18(11-10-14-8-4-5-9-15(14)18)16(12-20)13-6-2-1-3-7-13/h1-9,16,20H,10-12H2,(H2,19,21)/t16-,18?/m0/s1. The molecule has 0 aliphatic heterocycles. The van der Waals surface area contributed by atoms with Gasteiger partial charge in [-0.25, -0.2) is 0 Å². The number of benzene rings is 2. The molecule has 0 aromatic heterocycles. The summed E-state index contributed by atoms with van der Waals surface area (Å²) in [6.07, 6.45) is 1.48. The number of hydrogen-bond donors (Lipinski definition) is 2. The minimum absolute atomic E-state index is 0.0959. The number of aryl methyl sites for hydroxylation is 1. The van der Waals surface area contributed by atoms with Gasteiger partial charge >= 0.3 is 0 Å². The number of hydrogen-bond acceptors (Lipinski definition) is 2. The van der Waals surface area contributed by atoms with Crippen LogP contribution in [0.3, 0.4) is 0 Å². The van der Waals surface area contributed by atoms with Crippen LogP contribution in [0, 0.1) is 0 Å². The highest BCUT2D eigenvalue weighted by Crippen LogP contribution is 2.48. The summed E-state index contributed by atoms with van der Waals surface area (Å²) >= 11 is 0. The molecular formula is C18H19NO2. The Hall–Kier alpha value is -2.13. The van der Waals surface area contributed by atoms with Gasteiger partial charge in [-0.15, -0.1) is 0 Å². The molecule has 0 bridgehead atoms. The highest BCUT2D eigenvalue weighted by molar-refractivity contribution is 5.89. The van der Waals surface area contributed by atoms with E-state index in [1.807, 2.05) is 54.6 Å². The van der Waals surface area contributed by atoms with Crippen molar-refractivity contribution in [3.05, 3.63) is 71.3 Å². The third-order valence-electron chi connectivity index (χ3n) is 4.71. The second kappa shape index (κ2) is 5.34. The molecule has 2 aromatic carbocycles. The van der Waals surface area contributed by atoms with Gasteiger partial charge in [0.25, 0.3) is 0 Å². The highest BCUT2D eigenvalue weighted by Gasteiger charge is 2.50. The molecule has 0 radical (unpaired) electrons. The maximum Gasteiger partial charge on any atom is 0.228 e. The summed E-state index contributed by atoms with van der Waals surface area (Å²) in [6, 6.07) is 17.6. The molecule has 2 aromatic rings. The fraction of sp³-hybridized carbons (Fsp3) is 0.278. The molecule has 1 unspecified atom stereocenters. The van der Waals surface area contributed by atoms with Crippen LogP contribution in [-0.4, -0.2) is 17.6 Å². The lowest BCUT2D eigenvalue weighted by atomic mass is 9.68. The van der Waals surface area contributed by atoms with Gasteiger partial charge in [-0.05, 0) is 29.5 Å². The van der Waals surface area contributed by atoms with Crippen LogP contribution >= 0.6 is 0 Å². The van der Waals surface area contributed by atoms with Crippen molar-refractivity contribution in [1.82, 2.24) is 0 Å². The lowest BCUT2D eigenvalue weighted by Crippen LogP contribution is -2.45. The number of fused-ring (bicyclic) bond motifs is 1. The molecule has 0 heterocycles. The van der Waals surface area contributed by atoms with Gasteiger partial charge in [0.05, 0.1) is 12.0 Å². The summed E-state index contributed by atoms with van der Waals surface area (Å²) in [5.41, 5.74) is 8.08. The van der Waals surface area contributed by atoms with Crippen LogP contribution in [0.2, 0.25) is 0 Å². The van der Waals surface area contributed by atoms with Gasteiger partial charge in [-0.1, -0.05) is 54.6 Å². The van der Waals surface area contributed by atoms with Crippen molar-refractivity contribution in [3.63, 3.8) is 0 Å². The SMILES string of the molecule is NC(=O)C1([C@@H](CO)c2ccccc2)CCc2ccccc21. The first-order valence-electron chi connectivity index (χ1n) is 7.24. The fourth-order valence-electron chi connectivity index (χ4n) is 3.66. The monoisotopic (exact) mass is 281 g/mol. The van der Waals surface area contributed by atoms with E-state index < -0.39 is 5.41 Å². The molecule has 3 rings (SSSR count). The van der Waals surface area contributed by atoms with E-state index in [0.717, 1.165) is 23.1 Å². The van der Waals surface area contributed by atoms with Crippen molar-refractivity contribution < 1.29 is 9.90 Å². The van der Waals surface area contributed by atoms with Crippen molar-refractivity contribution in [1.29, 1.82) is 0 Å². The quantitative estimate of drug-likeness (QED) is 0.901. The first kappa shape index (κ1) is 13.8. The molecule has 1 aliphatic carbocycles. The average molecular weight is 281 g/mol. The van der Waals surface area contributed by atoms with Crippen molar-refractivity contribution in [3.8, 4) is 0 Å². The van der Waals surface area contributed by atoms with Crippen LogP contribution in [-0.2, 0) is 16.6 Å². The Kier molecular flexibility index (Phi) is 3.52. The topological polar surface area (TPSA) is 63.3 Å². The zero-order chi connectivity index (χ0) is 14.9. The van der Waals surface area contributed by atoms with Gasteiger partial charge in [0.1, 0.15) is 0 Å². The number of aliphatic hydroxyl groups is 1. The molecule has 0 spiro atoms. The largest absolute Gasteiger partial charge is 0.396 e. The van der Waals surface area contributed by atoms with E-state index in [4.69, 9.17) is 5.73 Å². The minimum Gasteiger partial charge on any atom is -0.396 e. The molecule has 108 valence electrons. The Morgan fingerprint density at radius 1 is 1.14 bits per heavy atom. The van der Waals surface area contributed by atoms with Gasteiger partial charge in [0, 0.05) is 5.92 Å². The molecule has 3 heteroatoms. The number of amides is 1. The maximum atomic E-state index is 12.4. The smallest absolute Gasteiger partial charge is 0.228 e. The van der Waals surface area contributed by atoms with Gasteiger partial charge in [0.2, 0.25) is 5.91 Å². The summed E-state index contributed by atoms with van der Waals surface area (Å²) in [4.78, 5) is 12.4. The highest BCUT2D eigenvalue weighted by atomic mass is 16.3. The fourth-order valence-corrected chi connectivity index (χ4v) is 3.66. The number of primary amides is 1. The van der Waals surface area contributed by atoms with Gasteiger partial charge in [-0.3, -0.25) is 4.79 Å². The Bertz CT molecular complexity index is 653. The van der Waals surface area contributed by atoms with Crippen LogP contribution in [0.5, 0.6) is 0 Å². The van der Waals surface area contributed by atoms with Crippen LogP contribution in [0.25, 0.3) is 0 Å². The molecule has 2 atom stereocenters. The Morgan fingerprint density at radius 2 is 1.81 bits per heavy atom. The lowest BCUT2D eigenvalue weighted by Gasteiger charge is -2.35. The van der Waals surface area contributed by atoms with Gasteiger partial charge in [-0.2, -0.15) is 0 Å². The summed E-state index contributed by atoms with van der Waals surface area (Å²) < 4.78 is 0. The van der Waals surface area contributed by atoms with E-state index in [0.29, 0.717) is 6.42 Å². The normalized spacial score (nSPS) is 21.8. The zero-order valence-electron chi connectivity index (χ0n) is 11.8. The van der Waals surface area contributed by atoms with E-state index in [1.165, 1.54) is 0 Å². The first-order chi connectivity index (χ1) is 10.2. The third-order valence-corrected chi connectivity index (χ3v) is 4.71. The summed E-state index contributed by atoms with van der Waals surface area (Å²) in [5.74, 6) is -0.657. The number of rotatable bonds is 4. The maximum absolute atomic E-state index is 12.4. The van der Waals surface area contributed by atoms with Gasteiger partial charge in [0.15, 0.2) is 0 Å². The minimum atomic E-state index is -0.813. The Labute approximate surface area is 124 Å². The van der Waals surface area contributed by atoms with Crippen LogP contribution in [0.15, 0.2) is 54.6 Å². The summed E-state index contributed by atoms with van der Waals surface area (Å²) in [6.45, 7) is -0.0959. The van der Waals surface area contributed by atoms with E-state index in [-0.39, 0.29) is 18.4 Å². The predicted molar refractivity (Wildman–Crippen MR) is 81.9 cm³/mol. The predicted octanol–water partition coefficient (Wildman–Crippen LogP) is 2.13. The molecule has 21 heavy (non-hydrogen) atoms. The number of carbonyl (C=O) groups excluding carboxylic acids is 1.